The van der Waals surface area contributed by atoms with Crippen molar-refractivity contribution < 1.29 is 29.0 Å². The highest BCUT2D eigenvalue weighted by atomic mass is 32.1. The highest BCUT2D eigenvalue weighted by Gasteiger charge is 2.18. The van der Waals surface area contributed by atoms with Crippen LogP contribution in [0.25, 0.3) is 21.7 Å². The van der Waals surface area contributed by atoms with Gasteiger partial charge in [0.15, 0.2) is 11.9 Å². The monoisotopic (exact) mass is 493 g/mol. The van der Waals surface area contributed by atoms with Gasteiger partial charge in [0.05, 0.1) is 0 Å². The molecule has 0 saturated heterocycles. The van der Waals surface area contributed by atoms with E-state index in [1.165, 1.54) is 0 Å². The fourth-order valence-corrected chi connectivity index (χ4v) is 4.73. The van der Waals surface area contributed by atoms with Gasteiger partial charge in [-0.15, -0.1) is 11.3 Å². The predicted octanol–water partition coefficient (Wildman–Crippen LogP) is 5.48. The number of carboxylic acid groups (broad SMARTS) is 1. The first kappa shape index (κ1) is 24.7. The van der Waals surface area contributed by atoms with Gasteiger partial charge in [0.1, 0.15) is 24.7 Å². The van der Waals surface area contributed by atoms with Crippen molar-refractivity contribution in [3.05, 3.63) is 82.4 Å². The topological polar surface area (TPSA) is 102 Å². The number of benzene rings is 2. The Kier molecular flexibility index (Phi) is 7.97. The first-order chi connectivity index (χ1) is 17.0. The van der Waals surface area contributed by atoms with Crippen LogP contribution in [-0.2, 0) is 29.2 Å². The Bertz CT molecular complexity index is 1260. The number of aromatic nitrogens is 1. The standard InChI is InChI=1S/C27H27NO6S/c1-3-32-24(27(30)31)13-18-4-10-21(11-5-18)33-16-26-17(2)12-25(35-26)20-8-6-19(7-9-20)23-14-22(15-29)34-28-23/h4-12,14,24,29H,3,13,15-16H2,1-2H3,(H,30,31). The molecule has 7 nitrogen and oxygen atoms in total. The third kappa shape index (κ3) is 6.16. The average Bonchev–Trinajstić information content (AvgIpc) is 3.50. The summed E-state index contributed by atoms with van der Waals surface area (Å²) in [5.74, 6) is 0.206. The van der Waals surface area contributed by atoms with Crippen LogP contribution in [0.15, 0.2) is 65.2 Å². The molecule has 0 amide bonds. The van der Waals surface area contributed by atoms with Gasteiger partial charge in [-0.25, -0.2) is 4.79 Å². The maximum atomic E-state index is 11.3. The summed E-state index contributed by atoms with van der Waals surface area (Å²) in [6.07, 6.45) is -0.531. The Morgan fingerprint density at radius 2 is 1.80 bits per heavy atom. The van der Waals surface area contributed by atoms with E-state index in [2.05, 4.69) is 18.1 Å². The molecule has 0 aliphatic carbocycles. The van der Waals surface area contributed by atoms with E-state index >= 15 is 0 Å². The predicted molar refractivity (Wildman–Crippen MR) is 133 cm³/mol. The number of carbonyl (C=O) groups is 1. The van der Waals surface area contributed by atoms with E-state index < -0.39 is 12.1 Å². The van der Waals surface area contributed by atoms with Crippen molar-refractivity contribution >= 4 is 17.3 Å². The van der Waals surface area contributed by atoms with Gasteiger partial charge in [-0.05, 0) is 48.7 Å². The molecule has 4 aromatic rings. The van der Waals surface area contributed by atoms with E-state index in [9.17, 15) is 9.90 Å². The summed E-state index contributed by atoms with van der Waals surface area (Å²) >= 11 is 1.69. The minimum absolute atomic E-state index is 0.173. The van der Waals surface area contributed by atoms with Crippen LogP contribution >= 0.6 is 11.3 Å². The van der Waals surface area contributed by atoms with Gasteiger partial charge in [0, 0.05) is 34.4 Å². The summed E-state index contributed by atoms with van der Waals surface area (Å²) in [7, 11) is 0. The van der Waals surface area contributed by atoms with Crippen LogP contribution in [0.5, 0.6) is 5.75 Å². The summed E-state index contributed by atoms with van der Waals surface area (Å²) in [6.45, 7) is 4.49. The Balaban J connectivity index is 1.38. The second kappa shape index (κ2) is 11.3. The third-order valence-electron chi connectivity index (χ3n) is 5.56. The van der Waals surface area contributed by atoms with Gasteiger partial charge in [-0.2, -0.15) is 0 Å². The number of rotatable bonds is 11. The van der Waals surface area contributed by atoms with Gasteiger partial charge < -0.3 is 24.2 Å². The Morgan fingerprint density at radius 1 is 1.09 bits per heavy atom. The lowest BCUT2D eigenvalue weighted by atomic mass is 10.1. The SMILES string of the molecule is CCOC(Cc1ccc(OCc2sc(-c3ccc(-c4cc(CO)on4)cc3)cc2C)cc1)C(=O)O. The van der Waals surface area contributed by atoms with Crippen molar-refractivity contribution in [2.45, 2.75) is 39.6 Å². The fraction of sp³-hybridized carbons (Fsp3) is 0.259. The normalized spacial score (nSPS) is 12.0. The highest BCUT2D eigenvalue weighted by molar-refractivity contribution is 7.15. The Hall–Kier alpha value is -3.46. The first-order valence-electron chi connectivity index (χ1n) is 11.3. The molecule has 2 N–H and O–H groups in total. The van der Waals surface area contributed by atoms with Crippen LogP contribution in [-0.4, -0.2) is 34.0 Å². The molecule has 2 heterocycles. The summed E-state index contributed by atoms with van der Waals surface area (Å²) < 4.78 is 16.3. The van der Waals surface area contributed by atoms with Gasteiger partial charge in [0.25, 0.3) is 0 Å². The first-order valence-corrected chi connectivity index (χ1v) is 12.1. The maximum absolute atomic E-state index is 11.3. The number of nitrogens with zero attached hydrogens (tertiary/aromatic N) is 1. The van der Waals surface area contributed by atoms with E-state index in [1.807, 2.05) is 48.5 Å². The molecule has 35 heavy (non-hydrogen) atoms. The largest absolute Gasteiger partial charge is 0.488 e. The highest BCUT2D eigenvalue weighted by Crippen LogP contribution is 2.33. The second-order valence-electron chi connectivity index (χ2n) is 8.05. The van der Waals surface area contributed by atoms with Crippen LogP contribution in [0.3, 0.4) is 0 Å². The second-order valence-corrected chi connectivity index (χ2v) is 9.19. The van der Waals surface area contributed by atoms with Gasteiger partial charge in [-0.1, -0.05) is 41.6 Å². The van der Waals surface area contributed by atoms with E-state index in [0.717, 1.165) is 37.8 Å². The molecule has 0 fully saturated rings. The molecule has 2 aromatic carbocycles. The van der Waals surface area contributed by atoms with Crippen LogP contribution in [0.2, 0.25) is 0 Å². The molecule has 4 rings (SSSR count). The minimum atomic E-state index is -0.959. The van der Waals surface area contributed by atoms with Crippen LogP contribution in [0.1, 0.15) is 28.7 Å². The number of thiophene rings is 1. The minimum Gasteiger partial charge on any atom is -0.488 e. The van der Waals surface area contributed by atoms with Gasteiger partial charge in [0.2, 0.25) is 0 Å². The van der Waals surface area contributed by atoms with E-state index in [1.54, 1.807) is 24.3 Å². The number of hydrogen-bond acceptors (Lipinski definition) is 7. The van der Waals surface area contributed by atoms with Crippen LogP contribution < -0.4 is 4.74 Å². The van der Waals surface area contributed by atoms with Gasteiger partial charge in [-0.3, -0.25) is 0 Å². The van der Waals surface area contributed by atoms with E-state index in [-0.39, 0.29) is 6.61 Å². The third-order valence-corrected chi connectivity index (χ3v) is 6.82. The molecule has 1 unspecified atom stereocenters. The molecule has 0 saturated carbocycles. The molecule has 2 aromatic heterocycles. The van der Waals surface area contributed by atoms with Crippen LogP contribution in [0.4, 0.5) is 0 Å². The summed E-state index contributed by atoms with van der Waals surface area (Å²) in [4.78, 5) is 13.6. The molecule has 0 spiro atoms. The molecule has 0 aliphatic rings. The summed E-state index contributed by atoms with van der Waals surface area (Å²) in [5, 5.41) is 22.4. The number of carboxylic acids is 1. The number of aliphatic hydroxyl groups excluding tert-OH is 1. The Labute approximate surface area is 207 Å². The molecular formula is C27H27NO6S. The van der Waals surface area contributed by atoms with E-state index in [4.69, 9.17) is 19.1 Å². The molecule has 182 valence electrons. The fourth-order valence-electron chi connectivity index (χ4n) is 3.64. The van der Waals surface area contributed by atoms with Crippen LogP contribution in [0, 0.1) is 6.92 Å². The maximum Gasteiger partial charge on any atom is 0.333 e. The van der Waals surface area contributed by atoms with Crippen molar-refractivity contribution in [1.29, 1.82) is 0 Å². The number of ether oxygens (including phenoxy) is 2. The molecule has 0 radical (unpaired) electrons. The smallest absolute Gasteiger partial charge is 0.333 e. The lowest BCUT2D eigenvalue weighted by Crippen LogP contribution is -2.26. The lowest BCUT2D eigenvalue weighted by molar-refractivity contribution is -0.149. The molecule has 0 aliphatic heterocycles. The van der Waals surface area contributed by atoms with Gasteiger partial charge >= 0.3 is 5.97 Å². The van der Waals surface area contributed by atoms with Crippen molar-refractivity contribution in [2.24, 2.45) is 0 Å². The quantitative estimate of drug-likeness (QED) is 0.285. The molecule has 8 heteroatoms. The number of aryl methyl sites for hydroxylation is 1. The lowest BCUT2D eigenvalue weighted by Gasteiger charge is -2.13. The number of aliphatic carboxylic acids is 1. The number of hydrogen-bond donors (Lipinski definition) is 2. The summed E-state index contributed by atoms with van der Waals surface area (Å²) in [5.41, 5.74) is 4.77. The molecule has 1 atom stereocenters. The van der Waals surface area contributed by atoms with Crippen molar-refractivity contribution in [1.82, 2.24) is 5.16 Å². The van der Waals surface area contributed by atoms with Crippen molar-refractivity contribution in [2.75, 3.05) is 6.61 Å². The van der Waals surface area contributed by atoms with Crippen molar-refractivity contribution in [3.63, 3.8) is 0 Å². The molecular weight excluding hydrogens is 466 g/mol. The molecule has 0 bridgehead atoms. The average molecular weight is 494 g/mol. The zero-order valence-corrected chi connectivity index (χ0v) is 20.4. The summed E-state index contributed by atoms with van der Waals surface area (Å²) in [6, 6.07) is 19.4. The number of aliphatic hydroxyl groups is 1. The zero-order chi connectivity index (χ0) is 24.8. The Morgan fingerprint density at radius 3 is 2.43 bits per heavy atom. The van der Waals surface area contributed by atoms with E-state index in [0.29, 0.717) is 31.1 Å². The van der Waals surface area contributed by atoms with Crippen molar-refractivity contribution in [3.8, 4) is 27.4 Å². The zero-order valence-electron chi connectivity index (χ0n) is 19.6.